The maximum absolute atomic E-state index is 10.6. The van der Waals surface area contributed by atoms with E-state index in [9.17, 15) is 4.79 Å². The summed E-state index contributed by atoms with van der Waals surface area (Å²) in [6.07, 6.45) is 0.191. The first-order valence-corrected chi connectivity index (χ1v) is 6.50. The molecule has 0 aliphatic rings. The Morgan fingerprint density at radius 2 is 2.11 bits per heavy atom. The van der Waals surface area contributed by atoms with E-state index in [0.29, 0.717) is 13.1 Å². The second kappa shape index (κ2) is 7.14. The topological polar surface area (TPSA) is 58.6 Å². The number of carboxylic acid groups (broad SMARTS) is 1. The van der Waals surface area contributed by atoms with Gasteiger partial charge in [-0.1, -0.05) is 24.6 Å². The Balaban J connectivity index is 2.60. The zero-order chi connectivity index (χ0) is 14.4. The van der Waals surface area contributed by atoms with Crippen LogP contribution in [-0.2, 0) is 11.3 Å². The molecule has 0 saturated heterocycles. The number of nitrogens with one attached hydrogen (secondary N) is 1. The Bertz CT molecular complexity index is 443. The van der Waals surface area contributed by atoms with Crippen LogP contribution in [0.5, 0.6) is 5.75 Å². The number of aliphatic carboxylic acids is 1. The van der Waals surface area contributed by atoms with Crippen molar-refractivity contribution < 1.29 is 14.6 Å². The van der Waals surface area contributed by atoms with E-state index < -0.39 is 5.97 Å². The largest absolute Gasteiger partial charge is 0.496 e. The van der Waals surface area contributed by atoms with Crippen molar-refractivity contribution in [3.05, 3.63) is 28.8 Å². The summed E-state index contributed by atoms with van der Waals surface area (Å²) >= 11 is 0. The third-order valence-electron chi connectivity index (χ3n) is 3.03. The van der Waals surface area contributed by atoms with Crippen molar-refractivity contribution in [2.45, 2.75) is 33.7 Å². The number of carboxylic acids is 1. The zero-order valence-electron chi connectivity index (χ0n) is 12.1. The number of aryl methyl sites for hydroxylation is 2. The number of benzene rings is 1. The van der Waals surface area contributed by atoms with E-state index in [0.717, 1.165) is 16.9 Å². The van der Waals surface area contributed by atoms with E-state index in [-0.39, 0.29) is 12.3 Å². The van der Waals surface area contributed by atoms with Crippen LogP contribution >= 0.6 is 0 Å². The van der Waals surface area contributed by atoms with Crippen LogP contribution < -0.4 is 10.1 Å². The van der Waals surface area contributed by atoms with Crippen LogP contribution in [0.1, 0.15) is 30.0 Å². The highest BCUT2D eigenvalue weighted by Gasteiger charge is 2.10. The molecule has 1 atom stereocenters. The van der Waals surface area contributed by atoms with E-state index in [4.69, 9.17) is 9.84 Å². The average molecular weight is 265 g/mol. The van der Waals surface area contributed by atoms with Gasteiger partial charge in [-0.3, -0.25) is 4.79 Å². The van der Waals surface area contributed by atoms with Crippen LogP contribution in [-0.4, -0.2) is 24.7 Å². The third-order valence-corrected chi connectivity index (χ3v) is 3.03. The van der Waals surface area contributed by atoms with E-state index in [1.54, 1.807) is 7.11 Å². The highest BCUT2D eigenvalue weighted by molar-refractivity contribution is 5.66. The van der Waals surface area contributed by atoms with Gasteiger partial charge >= 0.3 is 5.97 Å². The molecule has 0 bridgehead atoms. The summed E-state index contributed by atoms with van der Waals surface area (Å²) in [5, 5.41) is 12.0. The molecule has 0 heterocycles. The standard InChI is InChI=1S/C15H23NO3/c1-10-5-12(3)15(19-4)13(6-10)9-16-8-11(2)7-14(17)18/h5-6,11,16H,7-9H2,1-4H3,(H,17,18). The van der Waals surface area contributed by atoms with Crippen LogP contribution in [0.4, 0.5) is 0 Å². The lowest BCUT2D eigenvalue weighted by Crippen LogP contribution is -2.23. The Morgan fingerprint density at radius 1 is 1.42 bits per heavy atom. The number of methoxy groups -OCH3 is 1. The molecular weight excluding hydrogens is 242 g/mol. The van der Waals surface area contributed by atoms with Crippen LogP contribution in [0.15, 0.2) is 12.1 Å². The zero-order valence-corrected chi connectivity index (χ0v) is 12.1. The molecule has 0 fully saturated rings. The molecule has 2 N–H and O–H groups in total. The predicted molar refractivity (Wildman–Crippen MR) is 75.6 cm³/mol. The fourth-order valence-electron chi connectivity index (χ4n) is 2.29. The van der Waals surface area contributed by atoms with Crippen molar-refractivity contribution in [3.8, 4) is 5.75 Å². The SMILES string of the molecule is COc1c(C)cc(C)cc1CNCC(C)CC(=O)O. The first kappa shape index (κ1) is 15.5. The van der Waals surface area contributed by atoms with Crippen molar-refractivity contribution in [3.63, 3.8) is 0 Å². The number of rotatable bonds is 7. The maximum atomic E-state index is 10.6. The van der Waals surface area contributed by atoms with Crippen LogP contribution in [0.25, 0.3) is 0 Å². The molecule has 1 aromatic rings. The minimum atomic E-state index is -0.752. The lowest BCUT2D eigenvalue weighted by molar-refractivity contribution is -0.137. The lowest BCUT2D eigenvalue weighted by Gasteiger charge is -2.15. The minimum absolute atomic E-state index is 0.120. The average Bonchev–Trinajstić information content (AvgIpc) is 2.27. The molecule has 19 heavy (non-hydrogen) atoms. The van der Waals surface area contributed by atoms with E-state index >= 15 is 0 Å². The minimum Gasteiger partial charge on any atom is -0.496 e. The molecule has 106 valence electrons. The quantitative estimate of drug-likeness (QED) is 0.795. The Kier molecular flexibility index (Phi) is 5.83. The van der Waals surface area contributed by atoms with Gasteiger partial charge < -0.3 is 15.2 Å². The summed E-state index contributed by atoms with van der Waals surface area (Å²) < 4.78 is 5.42. The number of hydrogen-bond acceptors (Lipinski definition) is 3. The first-order chi connectivity index (χ1) is 8.93. The second-order valence-corrected chi connectivity index (χ2v) is 5.11. The van der Waals surface area contributed by atoms with Gasteiger partial charge in [0.05, 0.1) is 7.11 Å². The van der Waals surface area contributed by atoms with Gasteiger partial charge in [0.2, 0.25) is 0 Å². The number of hydrogen-bond donors (Lipinski definition) is 2. The van der Waals surface area contributed by atoms with Gasteiger partial charge in [-0.25, -0.2) is 0 Å². The third kappa shape index (κ3) is 4.91. The van der Waals surface area contributed by atoms with Gasteiger partial charge in [-0.15, -0.1) is 0 Å². The molecule has 4 heteroatoms. The van der Waals surface area contributed by atoms with Crippen LogP contribution in [0.2, 0.25) is 0 Å². The first-order valence-electron chi connectivity index (χ1n) is 6.50. The fraction of sp³-hybridized carbons (Fsp3) is 0.533. The van der Waals surface area contributed by atoms with Crippen molar-refractivity contribution in [2.75, 3.05) is 13.7 Å². The van der Waals surface area contributed by atoms with E-state index in [1.807, 2.05) is 13.8 Å². The van der Waals surface area contributed by atoms with Crippen molar-refractivity contribution in [1.29, 1.82) is 0 Å². The van der Waals surface area contributed by atoms with Gasteiger partial charge in [0.25, 0.3) is 0 Å². The molecule has 0 aliphatic heterocycles. The molecule has 0 aromatic heterocycles. The summed E-state index contributed by atoms with van der Waals surface area (Å²) in [6, 6.07) is 4.19. The molecular formula is C15H23NO3. The summed E-state index contributed by atoms with van der Waals surface area (Å²) in [7, 11) is 1.67. The summed E-state index contributed by atoms with van der Waals surface area (Å²) in [6.45, 7) is 7.39. The van der Waals surface area contributed by atoms with Crippen molar-refractivity contribution >= 4 is 5.97 Å². The molecule has 4 nitrogen and oxygen atoms in total. The van der Waals surface area contributed by atoms with Gasteiger partial charge in [-0.05, 0) is 31.9 Å². The maximum Gasteiger partial charge on any atom is 0.303 e. The second-order valence-electron chi connectivity index (χ2n) is 5.11. The number of carbonyl (C=O) groups is 1. The summed E-state index contributed by atoms with van der Waals surface area (Å²) in [5.41, 5.74) is 3.44. The molecule has 0 saturated carbocycles. The Hall–Kier alpha value is -1.55. The molecule has 0 spiro atoms. The lowest BCUT2D eigenvalue weighted by atomic mass is 10.0. The van der Waals surface area contributed by atoms with Gasteiger partial charge in [0, 0.05) is 18.5 Å². The smallest absolute Gasteiger partial charge is 0.303 e. The van der Waals surface area contributed by atoms with Gasteiger partial charge in [-0.2, -0.15) is 0 Å². The molecule has 0 aliphatic carbocycles. The fourth-order valence-corrected chi connectivity index (χ4v) is 2.29. The highest BCUT2D eigenvalue weighted by atomic mass is 16.5. The molecule has 0 amide bonds. The number of ether oxygens (including phenoxy) is 1. The monoisotopic (exact) mass is 265 g/mol. The Labute approximate surface area is 114 Å². The van der Waals surface area contributed by atoms with E-state index in [2.05, 4.69) is 24.4 Å². The van der Waals surface area contributed by atoms with Crippen LogP contribution in [0.3, 0.4) is 0 Å². The van der Waals surface area contributed by atoms with Gasteiger partial charge in [0.1, 0.15) is 5.75 Å². The van der Waals surface area contributed by atoms with Crippen LogP contribution in [0, 0.1) is 19.8 Å². The molecule has 1 aromatic carbocycles. The summed E-state index contributed by atoms with van der Waals surface area (Å²) in [4.78, 5) is 10.6. The Morgan fingerprint density at radius 3 is 2.68 bits per heavy atom. The highest BCUT2D eigenvalue weighted by Crippen LogP contribution is 2.24. The predicted octanol–water partition coefficient (Wildman–Crippen LogP) is 2.51. The van der Waals surface area contributed by atoms with Gasteiger partial charge in [0.15, 0.2) is 0 Å². The molecule has 1 rings (SSSR count). The molecule has 1 unspecified atom stereocenters. The van der Waals surface area contributed by atoms with Crippen molar-refractivity contribution in [1.82, 2.24) is 5.32 Å². The normalized spacial score (nSPS) is 12.2. The summed E-state index contributed by atoms with van der Waals surface area (Å²) in [5.74, 6) is 0.275. The van der Waals surface area contributed by atoms with E-state index in [1.165, 1.54) is 5.56 Å². The molecule has 0 radical (unpaired) electrons. The van der Waals surface area contributed by atoms with Crippen molar-refractivity contribution in [2.24, 2.45) is 5.92 Å².